The third kappa shape index (κ3) is 3.80. The maximum Gasteiger partial charge on any atom is 0.0757 e. The van der Waals surface area contributed by atoms with Crippen LogP contribution in [0.5, 0.6) is 0 Å². The smallest absolute Gasteiger partial charge is 0.0757 e. The second-order valence-corrected chi connectivity index (χ2v) is 5.67. The molecule has 0 spiro atoms. The van der Waals surface area contributed by atoms with Crippen LogP contribution >= 0.6 is 15.9 Å². The number of nitrogens with two attached hydrogens (primary N) is 1. The summed E-state index contributed by atoms with van der Waals surface area (Å²) in [6, 6.07) is 8.46. The molecule has 3 heteroatoms. The SMILES string of the molecule is CCOC(C(N)Cc1cccc(Br)c1)C1CC1. The van der Waals surface area contributed by atoms with E-state index in [1.165, 1.54) is 18.4 Å². The van der Waals surface area contributed by atoms with Crippen molar-refractivity contribution in [3.05, 3.63) is 34.3 Å². The molecule has 2 rings (SSSR count). The lowest BCUT2D eigenvalue weighted by Crippen LogP contribution is -2.40. The second-order valence-electron chi connectivity index (χ2n) is 4.76. The zero-order chi connectivity index (χ0) is 12.3. The fourth-order valence-corrected chi connectivity index (χ4v) is 2.73. The van der Waals surface area contributed by atoms with Crippen molar-refractivity contribution in [1.29, 1.82) is 0 Å². The highest BCUT2D eigenvalue weighted by Gasteiger charge is 2.35. The van der Waals surface area contributed by atoms with Crippen LogP contribution in [0.2, 0.25) is 0 Å². The maximum atomic E-state index is 6.29. The molecule has 17 heavy (non-hydrogen) atoms. The molecule has 1 aliphatic rings. The molecule has 2 atom stereocenters. The van der Waals surface area contributed by atoms with Crippen LogP contribution in [0, 0.1) is 5.92 Å². The van der Waals surface area contributed by atoms with Gasteiger partial charge in [0, 0.05) is 17.1 Å². The summed E-state index contributed by atoms with van der Waals surface area (Å²) in [6.45, 7) is 2.80. The molecule has 0 bridgehead atoms. The van der Waals surface area contributed by atoms with Gasteiger partial charge in [-0.3, -0.25) is 0 Å². The topological polar surface area (TPSA) is 35.2 Å². The summed E-state index contributed by atoms with van der Waals surface area (Å²) in [6.07, 6.45) is 3.67. The highest BCUT2D eigenvalue weighted by Crippen LogP contribution is 2.36. The van der Waals surface area contributed by atoms with Crippen LogP contribution in [0.3, 0.4) is 0 Å². The minimum absolute atomic E-state index is 0.108. The molecule has 2 N–H and O–H groups in total. The average Bonchev–Trinajstić information content (AvgIpc) is 3.09. The van der Waals surface area contributed by atoms with Crippen LogP contribution in [0.1, 0.15) is 25.3 Å². The molecule has 1 fully saturated rings. The van der Waals surface area contributed by atoms with E-state index in [-0.39, 0.29) is 12.1 Å². The van der Waals surface area contributed by atoms with E-state index in [1.807, 2.05) is 13.0 Å². The van der Waals surface area contributed by atoms with Gasteiger partial charge < -0.3 is 10.5 Å². The molecule has 0 aliphatic heterocycles. The number of ether oxygens (including phenoxy) is 1. The fraction of sp³-hybridized carbons (Fsp3) is 0.571. The van der Waals surface area contributed by atoms with Crippen LogP contribution < -0.4 is 5.73 Å². The standard InChI is InChI=1S/C14H20BrNO/c1-2-17-14(11-6-7-11)13(16)9-10-4-3-5-12(15)8-10/h3-5,8,11,13-14H,2,6-7,9,16H2,1H3. The van der Waals surface area contributed by atoms with Crippen molar-refractivity contribution in [2.45, 2.75) is 38.3 Å². The Bertz CT molecular complexity index is 365. The van der Waals surface area contributed by atoms with E-state index in [1.54, 1.807) is 0 Å². The number of halogens is 1. The van der Waals surface area contributed by atoms with Crippen molar-refractivity contribution in [1.82, 2.24) is 0 Å². The Morgan fingerprint density at radius 1 is 1.47 bits per heavy atom. The number of rotatable bonds is 6. The fourth-order valence-electron chi connectivity index (χ4n) is 2.28. The molecule has 0 aromatic heterocycles. The monoisotopic (exact) mass is 297 g/mol. The first-order chi connectivity index (χ1) is 8.20. The van der Waals surface area contributed by atoms with Crippen molar-refractivity contribution >= 4 is 15.9 Å². The highest BCUT2D eigenvalue weighted by molar-refractivity contribution is 9.10. The van der Waals surface area contributed by atoms with Gasteiger partial charge in [-0.15, -0.1) is 0 Å². The first-order valence-corrected chi connectivity index (χ1v) is 7.11. The van der Waals surface area contributed by atoms with Gasteiger partial charge in [-0.2, -0.15) is 0 Å². The van der Waals surface area contributed by atoms with E-state index in [0.717, 1.165) is 17.5 Å². The average molecular weight is 298 g/mol. The zero-order valence-electron chi connectivity index (χ0n) is 10.2. The van der Waals surface area contributed by atoms with Crippen molar-refractivity contribution in [3.63, 3.8) is 0 Å². The van der Waals surface area contributed by atoms with Crippen molar-refractivity contribution in [2.24, 2.45) is 11.7 Å². The van der Waals surface area contributed by atoms with Gasteiger partial charge in [0.2, 0.25) is 0 Å². The summed E-state index contributed by atoms with van der Waals surface area (Å²) in [5, 5.41) is 0. The van der Waals surface area contributed by atoms with E-state index in [4.69, 9.17) is 10.5 Å². The van der Waals surface area contributed by atoms with E-state index < -0.39 is 0 Å². The molecule has 0 heterocycles. The molecule has 1 aromatic carbocycles. The van der Waals surface area contributed by atoms with Gasteiger partial charge in [-0.25, -0.2) is 0 Å². The predicted octanol–water partition coefficient (Wildman–Crippen LogP) is 3.13. The Kier molecular flexibility index (Phi) is 4.60. The van der Waals surface area contributed by atoms with Crippen LogP contribution in [-0.2, 0) is 11.2 Å². The van der Waals surface area contributed by atoms with Crippen molar-refractivity contribution < 1.29 is 4.74 Å². The lowest BCUT2D eigenvalue weighted by atomic mass is 9.99. The molecule has 1 aromatic rings. The Morgan fingerprint density at radius 3 is 2.82 bits per heavy atom. The largest absolute Gasteiger partial charge is 0.377 e. The summed E-state index contributed by atoms with van der Waals surface area (Å²) in [5.41, 5.74) is 7.56. The molecule has 1 saturated carbocycles. The first kappa shape index (κ1) is 13.1. The summed E-state index contributed by atoms with van der Waals surface area (Å²) >= 11 is 3.49. The molecular formula is C14H20BrNO. The quantitative estimate of drug-likeness (QED) is 0.875. The van der Waals surface area contributed by atoms with Crippen LogP contribution in [0.25, 0.3) is 0 Å². The van der Waals surface area contributed by atoms with Gasteiger partial charge in [0.05, 0.1) is 6.10 Å². The van der Waals surface area contributed by atoms with Crippen molar-refractivity contribution in [2.75, 3.05) is 6.61 Å². The van der Waals surface area contributed by atoms with Gasteiger partial charge in [0.15, 0.2) is 0 Å². The minimum Gasteiger partial charge on any atom is -0.377 e. The zero-order valence-corrected chi connectivity index (χ0v) is 11.8. The highest BCUT2D eigenvalue weighted by atomic mass is 79.9. The lowest BCUT2D eigenvalue weighted by Gasteiger charge is -2.23. The summed E-state index contributed by atoms with van der Waals surface area (Å²) < 4.78 is 6.91. The summed E-state index contributed by atoms with van der Waals surface area (Å²) in [4.78, 5) is 0. The maximum absolute atomic E-state index is 6.29. The third-order valence-electron chi connectivity index (χ3n) is 3.23. The van der Waals surface area contributed by atoms with Gasteiger partial charge in [0.1, 0.15) is 0 Å². The van der Waals surface area contributed by atoms with Crippen LogP contribution in [0.4, 0.5) is 0 Å². The van der Waals surface area contributed by atoms with Gasteiger partial charge in [-0.1, -0.05) is 28.1 Å². The van der Waals surface area contributed by atoms with E-state index in [0.29, 0.717) is 5.92 Å². The van der Waals surface area contributed by atoms with E-state index >= 15 is 0 Å². The Morgan fingerprint density at radius 2 is 2.24 bits per heavy atom. The van der Waals surface area contributed by atoms with Gasteiger partial charge >= 0.3 is 0 Å². The molecule has 2 nitrogen and oxygen atoms in total. The molecular weight excluding hydrogens is 278 g/mol. The Labute approximate surface area is 112 Å². The minimum atomic E-state index is 0.108. The molecule has 2 unspecified atom stereocenters. The Hall–Kier alpha value is -0.380. The summed E-state index contributed by atoms with van der Waals surface area (Å²) in [7, 11) is 0. The first-order valence-electron chi connectivity index (χ1n) is 6.32. The lowest BCUT2D eigenvalue weighted by molar-refractivity contribution is 0.0288. The number of benzene rings is 1. The predicted molar refractivity (Wildman–Crippen MR) is 74.0 cm³/mol. The third-order valence-corrected chi connectivity index (χ3v) is 3.72. The van der Waals surface area contributed by atoms with Gasteiger partial charge in [-0.05, 0) is 49.8 Å². The van der Waals surface area contributed by atoms with E-state index in [2.05, 4.69) is 34.1 Å². The van der Waals surface area contributed by atoms with Gasteiger partial charge in [0.25, 0.3) is 0 Å². The molecule has 0 radical (unpaired) electrons. The molecule has 1 aliphatic carbocycles. The number of hydrogen-bond donors (Lipinski definition) is 1. The van der Waals surface area contributed by atoms with E-state index in [9.17, 15) is 0 Å². The normalized spacial score (nSPS) is 19.0. The van der Waals surface area contributed by atoms with Crippen molar-refractivity contribution in [3.8, 4) is 0 Å². The Balaban J connectivity index is 1.96. The second kappa shape index (κ2) is 5.98. The molecule has 0 amide bonds. The van der Waals surface area contributed by atoms with Crippen LogP contribution in [-0.4, -0.2) is 18.8 Å². The molecule has 0 saturated heterocycles. The van der Waals surface area contributed by atoms with Crippen LogP contribution in [0.15, 0.2) is 28.7 Å². The summed E-state index contributed by atoms with van der Waals surface area (Å²) in [5.74, 6) is 0.692. The number of hydrogen-bond acceptors (Lipinski definition) is 2. The molecule has 94 valence electrons.